The third kappa shape index (κ3) is 31.9. The van der Waals surface area contributed by atoms with E-state index in [1.54, 1.807) is 0 Å². The van der Waals surface area contributed by atoms with Crippen LogP contribution in [0.3, 0.4) is 0 Å². The molecule has 67 heavy (non-hydrogen) atoms. The van der Waals surface area contributed by atoms with E-state index in [1.165, 1.54) is 86.5 Å². The van der Waals surface area contributed by atoms with Gasteiger partial charge in [0, 0.05) is 19.1 Å². The van der Waals surface area contributed by atoms with E-state index in [4.69, 9.17) is 61.6 Å². The van der Waals surface area contributed by atoms with Crippen molar-refractivity contribution in [2.24, 2.45) is 0 Å². The van der Waals surface area contributed by atoms with Gasteiger partial charge >= 0.3 is 6.09 Å². The van der Waals surface area contributed by atoms with Gasteiger partial charge in [0.1, 0.15) is 6.61 Å². The smallest absolute Gasteiger partial charge is 0.407 e. The quantitative estimate of drug-likeness (QED) is 0.0638. The molecule has 3 rings (SSSR count). The van der Waals surface area contributed by atoms with Crippen LogP contribution < -0.4 is 5.32 Å². The molecule has 0 heterocycles. The Morgan fingerprint density at radius 2 is 0.657 bits per heavy atom. The Morgan fingerprint density at radius 3 is 1.00 bits per heavy atom. The fourth-order valence-electron chi connectivity index (χ4n) is 7.26. The first-order chi connectivity index (χ1) is 33.3. The lowest BCUT2D eigenvalue weighted by Crippen LogP contribution is -2.29. The predicted octanol–water partition coefficient (Wildman–Crippen LogP) is 8.04. The molecular formula is C52H87NO14. The Morgan fingerprint density at radius 1 is 0.373 bits per heavy atom. The lowest BCUT2D eigenvalue weighted by Gasteiger charge is -2.14. The summed E-state index contributed by atoms with van der Waals surface area (Å²) in [4.78, 5) is 12.3. The minimum Gasteiger partial charge on any atom is -0.449 e. The van der Waals surface area contributed by atoms with E-state index in [2.05, 4.69) is 36.5 Å². The first-order valence-corrected chi connectivity index (χ1v) is 25.3. The zero-order valence-electron chi connectivity index (χ0n) is 41.1. The first-order valence-electron chi connectivity index (χ1n) is 25.3. The number of carbonyl (C=O) groups is 1. The van der Waals surface area contributed by atoms with Crippen molar-refractivity contribution < 1.29 is 66.4 Å². The molecule has 1 amide bonds. The number of alkyl carbamates (subject to hydrolysis) is 1. The van der Waals surface area contributed by atoms with Gasteiger partial charge in [0.25, 0.3) is 0 Å². The molecule has 0 spiro atoms. The Balaban J connectivity index is 0.895. The summed E-state index contributed by atoms with van der Waals surface area (Å²) in [5.74, 6) is 0.0354. The maximum Gasteiger partial charge on any atom is 0.407 e. The van der Waals surface area contributed by atoms with Crippen LogP contribution in [0, 0.1) is 0 Å². The summed E-state index contributed by atoms with van der Waals surface area (Å²) >= 11 is 0. The third-order valence-corrected chi connectivity index (χ3v) is 10.8. The van der Waals surface area contributed by atoms with Gasteiger partial charge in [0.2, 0.25) is 0 Å². The highest BCUT2D eigenvalue weighted by atomic mass is 16.6. The lowest BCUT2D eigenvalue weighted by atomic mass is 9.98. The van der Waals surface area contributed by atoms with E-state index >= 15 is 0 Å². The number of fused-ring (bicyclic) bond motifs is 3. The van der Waals surface area contributed by atoms with Crippen molar-refractivity contribution in [3.8, 4) is 11.1 Å². The van der Waals surface area contributed by atoms with Gasteiger partial charge in [-0.1, -0.05) is 120 Å². The van der Waals surface area contributed by atoms with E-state index < -0.39 is 6.09 Å². The van der Waals surface area contributed by atoms with Gasteiger partial charge in [-0.25, -0.2) is 4.79 Å². The summed E-state index contributed by atoms with van der Waals surface area (Å²) in [6.45, 7) is 15.3. The van der Waals surface area contributed by atoms with Gasteiger partial charge in [-0.2, -0.15) is 0 Å². The zero-order chi connectivity index (χ0) is 47.2. The van der Waals surface area contributed by atoms with Crippen LogP contribution in [0.5, 0.6) is 0 Å². The zero-order valence-corrected chi connectivity index (χ0v) is 41.1. The van der Waals surface area contributed by atoms with E-state index in [0.717, 1.165) is 13.0 Å². The topological polar surface area (TPSA) is 149 Å². The second-order valence-corrected chi connectivity index (χ2v) is 16.1. The first kappa shape index (κ1) is 58.5. The summed E-state index contributed by atoms with van der Waals surface area (Å²) in [7, 11) is 0. The monoisotopic (exact) mass is 950 g/mol. The number of hydrogen-bond acceptors (Lipinski definition) is 14. The highest BCUT2D eigenvalue weighted by Crippen LogP contribution is 2.44. The maximum absolute atomic E-state index is 12.3. The molecule has 0 bridgehead atoms. The van der Waals surface area contributed by atoms with Gasteiger partial charge < -0.3 is 66.9 Å². The summed E-state index contributed by atoms with van der Waals surface area (Å²) < 4.78 is 72.1. The SMILES string of the molecule is CCCCCCCCCCCCCOCCOCCOCCOCCOCCOCCOCCOCCOCCOCCOCCOCCNC(=O)OCC1c2ccccc2-c2ccccc21. The summed E-state index contributed by atoms with van der Waals surface area (Å²) in [6, 6.07) is 16.5. The number of amides is 1. The van der Waals surface area contributed by atoms with Crippen LogP contribution in [0.4, 0.5) is 4.79 Å². The number of rotatable bonds is 50. The van der Waals surface area contributed by atoms with Gasteiger partial charge in [0.05, 0.1) is 152 Å². The van der Waals surface area contributed by atoms with Crippen molar-refractivity contribution in [1.82, 2.24) is 5.32 Å². The fourth-order valence-corrected chi connectivity index (χ4v) is 7.26. The van der Waals surface area contributed by atoms with Gasteiger partial charge in [-0.15, -0.1) is 0 Å². The molecule has 1 aliphatic rings. The largest absolute Gasteiger partial charge is 0.449 e. The molecule has 0 atom stereocenters. The van der Waals surface area contributed by atoms with Crippen LogP contribution in [0.25, 0.3) is 11.1 Å². The van der Waals surface area contributed by atoms with Crippen LogP contribution in [0.1, 0.15) is 94.6 Å². The van der Waals surface area contributed by atoms with Crippen LogP contribution in [-0.2, 0) is 61.6 Å². The Labute approximate surface area is 402 Å². The second-order valence-electron chi connectivity index (χ2n) is 16.1. The van der Waals surface area contributed by atoms with E-state index in [1.807, 2.05) is 24.3 Å². The number of nitrogens with one attached hydrogen (secondary N) is 1. The predicted molar refractivity (Wildman–Crippen MR) is 259 cm³/mol. The van der Waals surface area contributed by atoms with Gasteiger partial charge in [-0.05, 0) is 28.7 Å². The fraction of sp³-hybridized carbons (Fsp3) is 0.750. The highest BCUT2D eigenvalue weighted by Gasteiger charge is 2.29. The molecule has 1 aliphatic carbocycles. The molecule has 0 aliphatic heterocycles. The Hall–Kier alpha value is -2.77. The average molecular weight is 950 g/mol. The second kappa shape index (κ2) is 44.4. The molecule has 0 fully saturated rings. The standard InChI is InChI=1S/C52H87NO14/c1-2-3-4-5-6-7-8-9-10-11-16-22-55-24-26-57-28-30-59-32-34-61-36-38-63-40-42-65-44-45-66-43-41-64-39-37-62-35-33-60-31-29-58-27-25-56-23-21-53-52(54)67-46-51-49-19-14-12-17-47(49)48-18-13-15-20-50(48)51/h12-15,17-20,51H,2-11,16,21-46H2,1H3,(H,53,54). The molecule has 2 aromatic carbocycles. The van der Waals surface area contributed by atoms with E-state index in [-0.39, 0.29) is 12.5 Å². The van der Waals surface area contributed by atoms with Crippen molar-refractivity contribution in [3.63, 3.8) is 0 Å². The minimum atomic E-state index is -0.452. The average Bonchev–Trinajstić information content (AvgIpc) is 3.67. The molecule has 0 aromatic heterocycles. The number of benzene rings is 2. The lowest BCUT2D eigenvalue weighted by molar-refractivity contribution is -0.0283. The third-order valence-electron chi connectivity index (χ3n) is 10.8. The summed E-state index contributed by atoms with van der Waals surface area (Å²) in [6.07, 6.45) is 14.4. The molecule has 2 aromatic rings. The van der Waals surface area contributed by atoms with Crippen LogP contribution in [0.2, 0.25) is 0 Å². The Bertz CT molecular complexity index is 1360. The molecule has 0 radical (unpaired) electrons. The number of carbonyl (C=O) groups excluding carboxylic acids is 1. The van der Waals surface area contributed by atoms with E-state index in [9.17, 15) is 4.79 Å². The van der Waals surface area contributed by atoms with Crippen LogP contribution >= 0.6 is 0 Å². The molecule has 384 valence electrons. The normalized spacial score (nSPS) is 12.2. The molecular weight excluding hydrogens is 863 g/mol. The van der Waals surface area contributed by atoms with Gasteiger partial charge in [0.15, 0.2) is 0 Å². The summed E-state index contributed by atoms with van der Waals surface area (Å²) in [5, 5.41) is 2.75. The molecule has 0 saturated carbocycles. The summed E-state index contributed by atoms with van der Waals surface area (Å²) in [5.41, 5.74) is 4.77. The van der Waals surface area contributed by atoms with Crippen LogP contribution in [-0.4, -0.2) is 178 Å². The van der Waals surface area contributed by atoms with Crippen molar-refractivity contribution in [2.75, 3.05) is 172 Å². The van der Waals surface area contributed by atoms with Crippen molar-refractivity contribution in [1.29, 1.82) is 0 Å². The van der Waals surface area contributed by atoms with Crippen molar-refractivity contribution in [2.45, 2.75) is 83.5 Å². The van der Waals surface area contributed by atoms with Crippen molar-refractivity contribution >= 4 is 6.09 Å². The molecule has 0 saturated heterocycles. The molecule has 0 unspecified atom stereocenters. The van der Waals surface area contributed by atoms with Gasteiger partial charge in [-0.3, -0.25) is 0 Å². The number of hydrogen-bond donors (Lipinski definition) is 1. The highest BCUT2D eigenvalue weighted by molar-refractivity contribution is 5.79. The molecule has 15 nitrogen and oxygen atoms in total. The number of unbranched alkanes of at least 4 members (excludes halogenated alkanes) is 10. The number of ether oxygens (including phenoxy) is 13. The van der Waals surface area contributed by atoms with E-state index in [0.29, 0.717) is 159 Å². The molecule has 15 heteroatoms. The minimum absolute atomic E-state index is 0.0354. The van der Waals surface area contributed by atoms with Crippen molar-refractivity contribution in [3.05, 3.63) is 59.7 Å². The Kier molecular flexibility index (Phi) is 38.8. The maximum atomic E-state index is 12.3. The molecule has 1 N–H and O–H groups in total. The van der Waals surface area contributed by atoms with Crippen LogP contribution in [0.15, 0.2) is 48.5 Å².